The lowest BCUT2D eigenvalue weighted by Crippen LogP contribution is -2.00. The Bertz CT molecular complexity index is 473. The molecular formula is C14H12. The monoisotopic (exact) mass is 180 g/mol. The Labute approximate surface area is 84.3 Å². The van der Waals surface area contributed by atoms with Crippen LogP contribution in [0.2, 0.25) is 0 Å². The molecule has 0 saturated carbocycles. The second-order valence-corrected chi connectivity index (χ2v) is 3.98. The molecule has 0 nitrogen and oxygen atoms in total. The summed E-state index contributed by atoms with van der Waals surface area (Å²) in [5, 5.41) is 0. The van der Waals surface area contributed by atoms with Gasteiger partial charge in [0.1, 0.15) is 0 Å². The predicted molar refractivity (Wildman–Crippen MR) is 60.7 cm³/mol. The number of fused-ring (bicyclic) bond motifs is 3. The van der Waals surface area contributed by atoms with Gasteiger partial charge in [0.25, 0.3) is 0 Å². The van der Waals surface area contributed by atoms with E-state index in [-0.39, 0.29) is 0 Å². The average molecular weight is 180 g/mol. The van der Waals surface area contributed by atoms with Crippen LogP contribution in [0.5, 0.6) is 0 Å². The highest BCUT2D eigenvalue weighted by atomic mass is 14.2. The smallest absolute Gasteiger partial charge is 0.0213 e. The Kier molecular flexibility index (Phi) is 1.51. The molecule has 68 valence electrons. The highest BCUT2D eigenvalue weighted by molar-refractivity contribution is 5.85. The summed E-state index contributed by atoms with van der Waals surface area (Å²) < 4.78 is 0. The van der Waals surface area contributed by atoms with Crippen molar-refractivity contribution in [2.45, 2.75) is 6.92 Å². The largest absolute Gasteiger partial charge is 0.0726 e. The number of benzene rings is 1. The quantitative estimate of drug-likeness (QED) is 0.571. The molecule has 0 heterocycles. The van der Waals surface area contributed by atoms with Crippen LogP contribution in [0.3, 0.4) is 0 Å². The van der Waals surface area contributed by atoms with E-state index in [2.05, 4.69) is 55.5 Å². The first-order valence-electron chi connectivity index (χ1n) is 5.02. The van der Waals surface area contributed by atoms with Crippen molar-refractivity contribution >= 4 is 11.6 Å². The van der Waals surface area contributed by atoms with E-state index in [1.807, 2.05) is 0 Å². The van der Waals surface area contributed by atoms with Gasteiger partial charge in [0.15, 0.2) is 0 Å². The molecule has 3 rings (SSSR count). The van der Waals surface area contributed by atoms with Crippen molar-refractivity contribution in [1.29, 1.82) is 0 Å². The lowest BCUT2D eigenvalue weighted by molar-refractivity contribution is 1.10. The first-order chi connectivity index (χ1) is 6.84. The van der Waals surface area contributed by atoms with Crippen molar-refractivity contribution in [3.8, 4) is 0 Å². The van der Waals surface area contributed by atoms with E-state index in [9.17, 15) is 0 Å². The van der Waals surface area contributed by atoms with Crippen molar-refractivity contribution in [1.82, 2.24) is 0 Å². The molecule has 0 heteroatoms. The fourth-order valence-electron chi connectivity index (χ4n) is 2.29. The second-order valence-electron chi connectivity index (χ2n) is 3.98. The highest BCUT2D eigenvalue weighted by Gasteiger charge is 2.20. The zero-order valence-corrected chi connectivity index (χ0v) is 8.20. The Morgan fingerprint density at radius 2 is 2.00 bits per heavy atom. The fraction of sp³-hybridized carbons (Fsp3) is 0.143. The third kappa shape index (κ3) is 1.00. The van der Waals surface area contributed by atoms with Gasteiger partial charge in [0.2, 0.25) is 0 Å². The van der Waals surface area contributed by atoms with Gasteiger partial charge in [-0.05, 0) is 23.6 Å². The molecule has 1 aromatic carbocycles. The minimum absolute atomic E-state index is 0.518. The summed E-state index contributed by atoms with van der Waals surface area (Å²) in [6.07, 6.45) is 9.13. The van der Waals surface area contributed by atoms with Gasteiger partial charge in [-0.15, -0.1) is 0 Å². The fourth-order valence-corrected chi connectivity index (χ4v) is 2.29. The van der Waals surface area contributed by atoms with Crippen LogP contribution in [0.4, 0.5) is 0 Å². The standard InChI is InChI=1S/C14H12/c1-10-8-12-7-6-11-4-2-3-5-13(11)14(12)9-10/h2-9,12H,1H3. The zero-order valence-electron chi connectivity index (χ0n) is 8.20. The van der Waals surface area contributed by atoms with Crippen molar-refractivity contribution < 1.29 is 0 Å². The molecule has 1 atom stereocenters. The molecule has 14 heavy (non-hydrogen) atoms. The summed E-state index contributed by atoms with van der Waals surface area (Å²) in [5.41, 5.74) is 5.58. The molecule has 0 radical (unpaired) electrons. The minimum Gasteiger partial charge on any atom is -0.0726 e. The van der Waals surface area contributed by atoms with Gasteiger partial charge in [-0.3, -0.25) is 0 Å². The second kappa shape index (κ2) is 2.71. The highest BCUT2D eigenvalue weighted by Crippen LogP contribution is 2.38. The van der Waals surface area contributed by atoms with E-state index >= 15 is 0 Å². The van der Waals surface area contributed by atoms with E-state index in [0.717, 1.165) is 0 Å². The van der Waals surface area contributed by atoms with Crippen LogP contribution in [0, 0.1) is 5.92 Å². The van der Waals surface area contributed by atoms with Crippen LogP contribution >= 0.6 is 0 Å². The Hall–Kier alpha value is -1.56. The van der Waals surface area contributed by atoms with Gasteiger partial charge in [-0.25, -0.2) is 0 Å². The van der Waals surface area contributed by atoms with Gasteiger partial charge < -0.3 is 0 Å². The summed E-state index contributed by atoms with van der Waals surface area (Å²) in [7, 11) is 0. The number of allylic oxidation sites excluding steroid dienone is 5. The molecule has 0 spiro atoms. The topological polar surface area (TPSA) is 0 Å². The summed E-state index contributed by atoms with van der Waals surface area (Å²) in [4.78, 5) is 0. The van der Waals surface area contributed by atoms with E-state index in [1.54, 1.807) is 0 Å². The van der Waals surface area contributed by atoms with Gasteiger partial charge in [-0.1, -0.05) is 54.1 Å². The number of hydrogen-bond acceptors (Lipinski definition) is 0. The van der Waals surface area contributed by atoms with Crippen molar-refractivity contribution in [3.63, 3.8) is 0 Å². The molecule has 1 aromatic rings. The molecular weight excluding hydrogens is 168 g/mol. The minimum atomic E-state index is 0.518. The van der Waals surface area contributed by atoms with Crippen LogP contribution < -0.4 is 0 Å². The maximum atomic E-state index is 2.32. The summed E-state index contributed by atoms with van der Waals surface area (Å²) in [6, 6.07) is 8.60. The van der Waals surface area contributed by atoms with Crippen LogP contribution in [-0.2, 0) is 0 Å². The third-order valence-corrected chi connectivity index (χ3v) is 2.94. The summed E-state index contributed by atoms with van der Waals surface area (Å²) >= 11 is 0. The lowest BCUT2D eigenvalue weighted by atomic mass is 9.87. The first kappa shape index (κ1) is 7.81. The van der Waals surface area contributed by atoms with Gasteiger partial charge in [0, 0.05) is 5.92 Å². The first-order valence-corrected chi connectivity index (χ1v) is 5.02. The van der Waals surface area contributed by atoms with Crippen LogP contribution in [0.25, 0.3) is 11.6 Å². The molecule has 0 N–H and O–H groups in total. The molecule has 0 fully saturated rings. The summed E-state index contributed by atoms with van der Waals surface area (Å²) in [6.45, 7) is 2.17. The van der Waals surface area contributed by atoms with E-state index in [1.165, 1.54) is 22.3 Å². The van der Waals surface area contributed by atoms with E-state index < -0.39 is 0 Å². The Balaban J connectivity index is 2.22. The maximum absolute atomic E-state index is 2.32. The average Bonchev–Trinajstić information content (AvgIpc) is 2.59. The number of rotatable bonds is 0. The Morgan fingerprint density at radius 1 is 1.14 bits per heavy atom. The van der Waals surface area contributed by atoms with Crippen LogP contribution in [0.1, 0.15) is 18.1 Å². The third-order valence-electron chi connectivity index (χ3n) is 2.94. The van der Waals surface area contributed by atoms with Gasteiger partial charge in [0.05, 0.1) is 0 Å². The van der Waals surface area contributed by atoms with Crippen LogP contribution in [-0.4, -0.2) is 0 Å². The predicted octanol–water partition coefficient (Wildman–Crippen LogP) is 3.67. The number of hydrogen-bond donors (Lipinski definition) is 0. The molecule has 0 amide bonds. The zero-order chi connectivity index (χ0) is 9.54. The molecule has 0 aliphatic heterocycles. The maximum Gasteiger partial charge on any atom is 0.0213 e. The van der Waals surface area contributed by atoms with Crippen molar-refractivity contribution in [2.75, 3.05) is 0 Å². The van der Waals surface area contributed by atoms with Crippen LogP contribution in [0.15, 0.2) is 48.1 Å². The molecule has 0 bridgehead atoms. The molecule has 0 saturated heterocycles. The summed E-state index contributed by atoms with van der Waals surface area (Å²) in [5.74, 6) is 0.518. The molecule has 2 aliphatic rings. The molecule has 1 unspecified atom stereocenters. The lowest BCUT2D eigenvalue weighted by Gasteiger charge is -2.17. The van der Waals surface area contributed by atoms with Gasteiger partial charge >= 0.3 is 0 Å². The van der Waals surface area contributed by atoms with Crippen molar-refractivity contribution in [3.05, 3.63) is 59.2 Å². The van der Waals surface area contributed by atoms with E-state index in [4.69, 9.17) is 0 Å². The molecule has 0 aromatic heterocycles. The van der Waals surface area contributed by atoms with Gasteiger partial charge in [-0.2, -0.15) is 0 Å². The normalized spacial score (nSPS) is 22.5. The SMILES string of the molecule is CC1=CC2C=Cc3ccccc3C2=C1. The van der Waals surface area contributed by atoms with E-state index in [0.29, 0.717) is 5.92 Å². The Morgan fingerprint density at radius 3 is 2.93 bits per heavy atom. The van der Waals surface area contributed by atoms with Crippen molar-refractivity contribution in [2.24, 2.45) is 5.92 Å². The molecule has 2 aliphatic carbocycles.